The van der Waals surface area contributed by atoms with Crippen LogP contribution in [0, 0.1) is 0 Å². The Hall–Kier alpha value is -2.95. The largest absolute Gasteiger partial charge is 0.341 e. The zero-order valence-corrected chi connectivity index (χ0v) is 11.1. The van der Waals surface area contributed by atoms with Gasteiger partial charge in [-0.1, -0.05) is 42.5 Å². The van der Waals surface area contributed by atoms with Gasteiger partial charge in [0.2, 0.25) is 0 Å². The topological polar surface area (TPSA) is 70.1 Å². The molecule has 0 fully saturated rings. The first-order valence-electron chi connectivity index (χ1n) is 6.70. The van der Waals surface area contributed by atoms with Crippen molar-refractivity contribution in [3.8, 4) is 0 Å². The predicted octanol–water partition coefficient (Wildman–Crippen LogP) is 2.18. The van der Waals surface area contributed by atoms with Gasteiger partial charge in [-0.25, -0.2) is 10.4 Å². The highest BCUT2D eigenvalue weighted by molar-refractivity contribution is 6.19. The zero-order chi connectivity index (χ0) is 14.2. The van der Waals surface area contributed by atoms with Crippen LogP contribution in [-0.2, 0) is 4.79 Å². The summed E-state index contributed by atoms with van der Waals surface area (Å²) < 4.78 is 0. The number of carbonyl (C=O) groups excluding carboxylic acids is 1. The second-order valence-electron chi connectivity index (χ2n) is 4.91. The number of imidazole rings is 1. The quantitative estimate of drug-likeness (QED) is 0.753. The summed E-state index contributed by atoms with van der Waals surface area (Å²) >= 11 is 0. The molecule has 0 aliphatic carbocycles. The van der Waals surface area contributed by atoms with Gasteiger partial charge < -0.3 is 4.98 Å². The van der Waals surface area contributed by atoms with E-state index in [9.17, 15) is 4.79 Å². The Kier molecular flexibility index (Phi) is 2.57. The van der Waals surface area contributed by atoms with Gasteiger partial charge in [0.15, 0.2) is 0 Å². The van der Waals surface area contributed by atoms with Crippen molar-refractivity contribution in [2.45, 2.75) is 5.92 Å². The van der Waals surface area contributed by atoms with Crippen molar-refractivity contribution in [1.29, 1.82) is 0 Å². The molecule has 1 aliphatic rings. The zero-order valence-electron chi connectivity index (χ0n) is 11.1. The van der Waals surface area contributed by atoms with Crippen LogP contribution in [0.5, 0.6) is 0 Å². The smallest absolute Gasteiger partial charge is 0.256 e. The molecule has 5 nitrogen and oxygen atoms in total. The monoisotopic (exact) mass is 276 g/mol. The van der Waals surface area contributed by atoms with Gasteiger partial charge >= 0.3 is 0 Å². The minimum Gasteiger partial charge on any atom is -0.341 e. The molecule has 4 rings (SSSR count). The molecule has 0 saturated carbocycles. The van der Waals surface area contributed by atoms with Gasteiger partial charge in [-0.05, 0) is 17.7 Å². The summed E-state index contributed by atoms with van der Waals surface area (Å²) in [5.74, 6) is -0.0403. The Bertz CT molecular complexity index is 818. The van der Waals surface area contributed by atoms with Crippen LogP contribution in [0.15, 0.2) is 59.7 Å². The van der Waals surface area contributed by atoms with E-state index in [0.29, 0.717) is 11.5 Å². The molecule has 1 aliphatic heterocycles. The average Bonchev–Trinajstić information content (AvgIpc) is 3.11. The van der Waals surface area contributed by atoms with Crippen molar-refractivity contribution in [2.75, 3.05) is 0 Å². The standard InChI is InChI=1S/C16H12N4O/c21-16-13(14(19-20-16)10-6-2-1-3-7-10)15-17-11-8-4-5-9-12(11)18-15/h1-9,13H,(H,17,18)(H,20,21). The first-order chi connectivity index (χ1) is 10.3. The summed E-state index contributed by atoms with van der Waals surface area (Å²) in [6.07, 6.45) is 0. The van der Waals surface area contributed by atoms with E-state index < -0.39 is 5.92 Å². The van der Waals surface area contributed by atoms with Crippen molar-refractivity contribution in [3.63, 3.8) is 0 Å². The molecule has 1 amide bonds. The minimum atomic E-state index is -0.500. The molecular weight excluding hydrogens is 264 g/mol. The molecule has 0 bridgehead atoms. The Morgan fingerprint density at radius 2 is 1.71 bits per heavy atom. The maximum absolute atomic E-state index is 12.1. The Labute approximate surface area is 120 Å². The summed E-state index contributed by atoms with van der Waals surface area (Å²) in [4.78, 5) is 19.9. The third-order valence-corrected chi connectivity index (χ3v) is 3.57. The maximum Gasteiger partial charge on any atom is 0.256 e. The van der Waals surface area contributed by atoms with Crippen LogP contribution in [0.2, 0.25) is 0 Å². The van der Waals surface area contributed by atoms with E-state index in [1.165, 1.54) is 0 Å². The van der Waals surface area contributed by atoms with Crippen molar-refractivity contribution < 1.29 is 4.79 Å². The lowest BCUT2D eigenvalue weighted by molar-refractivity contribution is -0.120. The number of fused-ring (bicyclic) bond motifs is 1. The number of aromatic amines is 1. The minimum absolute atomic E-state index is 0.159. The summed E-state index contributed by atoms with van der Waals surface area (Å²) in [5, 5.41) is 4.17. The van der Waals surface area contributed by atoms with Crippen LogP contribution in [-0.4, -0.2) is 21.6 Å². The number of hydrazone groups is 1. The summed E-state index contributed by atoms with van der Waals surface area (Å²) in [7, 11) is 0. The molecular formula is C16H12N4O. The number of hydrogen-bond acceptors (Lipinski definition) is 3. The fraction of sp³-hybridized carbons (Fsp3) is 0.0625. The first-order valence-corrected chi connectivity index (χ1v) is 6.70. The number of hydrogen-bond donors (Lipinski definition) is 2. The number of aromatic nitrogens is 2. The third-order valence-electron chi connectivity index (χ3n) is 3.57. The van der Waals surface area contributed by atoms with Gasteiger partial charge in [0.1, 0.15) is 11.7 Å². The maximum atomic E-state index is 12.1. The van der Waals surface area contributed by atoms with Crippen molar-refractivity contribution in [2.24, 2.45) is 5.10 Å². The fourth-order valence-corrected chi connectivity index (χ4v) is 2.57. The van der Waals surface area contributed by atoms with Gasteiger partial charge in [0.25, 0.3) is 5.91 Å². The van der Waals surface area contributed by atoms with Crippen LogP contribution in [0.4, 0.5) is 0 Å². The highest BCUT2D eigenvalue weighted by Gasteiger charge is 2.34. The number of amides is 1. The molecule has 2 aromatic carbocycles. The van der Waals surface area contributed by atoms with Crippen molar-refractivity contribution in [1.82, 2.24) is 15.4 Å². The number of para-hydroxylation sites is 2. The van der Waals surface area contributed by atoms with E-state index in [2.05, 4.69) is 20.5 Å². The number of nitrogens with zero attached hydrogens (tertiary/aromatic N) is 2. The molecule has 0 spiro atoms. The Balaban J connectivity index is 1.82. The van der Waals surface area contributed by atoms with Gasteiger partial charge in [-0.2, -0.15) is 5.10 Å². The lowest BCUT2D eigenvalue weighted by Crippen LogP contribution is -2.22. The van der Waals surface area contributed by atoms with E-state index >= 15 is 0 Å². The highest BCUT2D eigenvalue weighted by Crippen LogP contribution is 2.25. The Morgan fingerprint density at radius 1 is 0.952 bits per heavy atom. The van der Waals surface area contributed by atoms with E-state index in [1.807, 2.05) is 54.6 Å². The fourth-order valence-electron chi connectivity index (χ4n) is 2.57. The van der Waals surface area contributed by atoms with Crippen LogP contribution in [0.25, 0.3) is 11.0 Å². The Morgan fingerprint density at radius 3 is 2.52 bits per heavy atom. The summed E-state index contributed by atoms with van der Waals surface area (Å²) in [5.41, 5.74) is 5.93. The molecule has 2 heterocycles. The molecule has 1 aromatic heterocycles. The molecule has 1 unspecified atom stereocenters. The molecule has 5 heteroatoms. The highest BCUT2D eigenvalue weighted by atomic mass is 16.2. The second kappa shape index (κ2) is 4.56. The lowest BCUT2D eigenvalue weighted by atomic mass is 9.96. The molecule has 0 radical (unpaired) electrons. The van der Waals surface area contributed by atoms with Gasteiger partial charge in [-0.15, -0.1) is 0 Å². The van der Waals surface area contributed by atoms with Crippen molar-refractivity contribution in [3.05, 3.63) is 66.0 Å². The molecule has 2 N–H and O–H groups in total. The van der Waals surface area contributed by atoms with Crippen LogP contribution < -0.4 is 5.43 Å². The van der Waals surface area contributed by atoms with Gasteiger partial charge in [0, 0.05) is 0 Å². The predicted molar refractivity (Wildman–Crippen MR) is 80.0 cm³/mol. The first kappa shape index (κ1) is 11.8. The number of H-pyrrole nitrogens is 1. The molecule has 102 valence electrons. The van der Waals surface area contributed by atoms with Crippen LogP contribution >= 0.6 is 0 Å². The summed E-state index contributed by atoms with van der Waals surface area (Å²) in [6.45, 7) is 0. The SMILES string of the molecule is O=C1NN=C(c2ccccc2)C1c1nc2ccccc2[nH]1. The second-order valence-corrected chi connectivity index (χ2v) is 4.91. The summed E-state index contributed by atoms with van der Waals surface area (Å²) in [6, 6.07) is 17.4. The average molecular weight is 276 g/mol. The van der Waals surface area contributed by atoms with Crippen LogP contribution in [0.1, 0.15) is 17.3 Å². The number of carbonyl (C=O) groups is 1. The molecule has 21 heavy (non-hydrogen) atoms. The number of rotatable bonds is 2. The molecule has 1 atom stereocenters. The van der Waals surface area contributed by atoms with Crippen molar-refractivity contribution >= 4 is 22.7 Å². The van der Waals surface area contributed by atoms with Crippen LogP contribution in [0.3, 0.4) is 0 Å². The number of nitrogens with one attached hydrogen (secondary N) is 2. The van der Waals surface area contributed by atoms with E-state index in [1.54, 1.807) is 0 Å². The third kappa shape index (κ3) is 1.90. The molecule has 3 aromatic rings. The van der Waals surface area contributed by atoms with E-state index in [-0.39, 0.29) is 5.91 Å². The number of benzene rings is 2. The lowest BCUT2D eigenvalue weighted by Gasteiger charge is -2.07. The van der Waals surface area contributed by atoms with E-state index in [4.69, 9.17) is 0 Å². The normalized spacial score (nSPS) is 17.8. The van der Waals surface area contributed by atoms with Gasteiger partial charge in [0.05, 0.1) is 16.7 Å². The van der Waals surface area contributed by atoms with E-state index in [0.717, 1.165) is 16.6 Å². The van der Waals surface area contributed by atoms with Gasteiger partial charge in [-0.3, -0.25) is 4.79 Å². The molecule has 0 saturated heterocycles.